The van der Waals surface area contributed by atoms with Gasteiger partial charge >= 0.3 is 0 Å². The standard InChI is InChI=1S/C3H7NOS/c1-4(6)2-3-5/h3,6H,2H2,1H3. The molecule has 0 aromatic rings. The van der Waals surface area contributed by atoms with Crippen molar-refractivity contribution in [2.45, 2.75) is 0 Å². The molecule has 0 saturated heterocycles. The third kappa shape index (κ3) is 3.98. The quantitative estimate of drug-likeness (QED) is 0.393. The number of rotatable bonds is 2. The second-order valence-electron chi connectivity index (χ2n) is 1.01. The highest BCUT2D eigenvalue weighted by molar-refractivity contribution is 7.77. The molecule has 0 aromatic carbocycles. The molecule has 0 rings (SSSR count). The van der Waals surface area contributed by atoms with Gasteiger partial charge in [-0.25, -0.2) is 4.31 Å². The van der Waals surface area contributed by atoms with E-state index < -0.39 is 0 Å². The van der Waals surface area contributed by atoms with Crippen LogP contribution >= 0.6 is 12.8 Å². The number of aldehydes is 1. The van der Waals surface area contributed by atoms with Gasteiger partial charge in [0, 0.05) is 0 Å². The molecule has 0 aliphatic heterocycles. The van der Waals surface area contributed by atoms with E-state index in [1.54, 1.807) is 7.05 Å². The Hall–Kier alpha value is -0.0200. The zero-order chi connectivity index (χ0) is 4.99. The fourth-order valence-electron chi connectivity index (χ4n) is 0.108. The van der Waals surface area contributed by atoms with Crippen LogP contribution in [-0.4, -0.2) is 24.2 Å². The van der Waals surface area contributed by atoms with Gasteiger partial charge in [-0.05, 0) is 7.05 Å². The molecule has 6 heavy (non-hydrogen) atoms. The number of hydrogen-bond acceptors (Lipinski definition) is 3. The summed E-state index contributed by atoms with van der Waals surface area (Å²) in [6.45, 7) is 0.392. The van der Waals surface area contributed by atoms with Gasteiger partial charge in [0.1, 0.15) is 6.29 Å². The molecule has 0 bridgehead atoms. The highest BCUT2D eigenvalue weighted by Gasteiger charge is 1.80. The zero-order valence-corrected chi connectivity index (χ0v) is 4.48. The topological polar surface area (TPSA) is 20.3 Å². The van der Waals surface area contributed by atoms with Crippen molar-refractivity contribution in [3.05, 3.63) is 0 Å². The first-order valence-corrected chi connectivity index (χ1v) is 2.01. The first-order chi connectivity index (χ1) is 2.77. The molecule has 3 heteroatoms. The van der Waals surface area contributed by atoms with Gasteiger partial charge in [0.15, 0.2) is 0 Å². The van der Waals surface area contributed by atoms with Gasteiger partial charge < -0.3 is 4.79 Å². The van der Waals surface area contributed by atoms with Crippen LogP contribution < -0.4 is 0 Å². The molecule has 0 aromatic heterocycles. The van der Waals surface area contributed by atoms with Crippen LogP contribution in [-0.2, 0) is 4.79 Å². The molecule has 0 atom stereocenters. The normalized spacial score (nSPS) is 9.17. The van der Waals surface area contributed by atoms with Crippen LogP contribution in [0.15, 0.2) is 0 Å². The molecule has 0 radical (unpaired) electrons. The van der Waals surface area contributed by atoms with Crippen molar-refractivity contribution in [1.82, 2.24) is 4.31 Å². The first kappa shape index (κ1) is 5.98. The third-order valence-electron chi connectivity index (χ3n) is 0.339. The van der Waals surface area contributed by atoms with Crippen molar-refractivity contribution in [2.24, 2.45) is 0 Å². The van der Waals surface area contributed by atoms with Crippen molar-refractivity contribution >= 4 is 19.1 Å². The molecular weight excluding hydrogens is 98.1 g/mol. The molecular formula is C3H7NOS. The van der Waals surface area contributed by atoms with E-state index in [4.69, 9.17) is 0 Å². The predicted octanol–water partition coefficient (Wildman–Crippen LogP) is -0.0381. The van der Waals surface area contributed by atoms with Crippen molar-refractivity contribution < 1.29 is 4.79 Å². The van der Waals surface area contributed by atoms with Gasteiger partial charge in [0.2, 0.25) is 0 Å². The molecule has 0 aliphatic carbocycles. The molecule has 0 saturated carbocycles. The summed E-state index contributed by atoms with van der Waals surface area (Å²) in [5, 5.41) is 0. The Bertz CT molecular complexity index is 46.1. The molecule has 2 nitrogen and oxygen atoms in total. The van der Waals surface area contributed by atoms with Gasteiger partial charge in [0.05, 0.1) is 6.54 Å². The van der Waals surface area contributed by atoms with Gasteiger partial charge in [-0.2, -0.15) is 0 Å². The van der Waals surface area contributed by atoms with Crippen LogP contribution in [0.1, 0.15) is 0 Å². The van der Waals surface area contributed by atoms with Gasteiger partial charge in [-0.3, -0.25) is 0 Å². The highest BCUT2D eigenvalue weighted by Crippen LogP contribution is 1.78. The summed E-state index contributed by atoms with van der Waals surface area (Å²) in [7, 11) is 1.72. The Morgan fingerprint density at radius 2 is 2.50 bits per heavy atom. The molecule has 0 heterocycles. The first-order valence-electron chi connectivity index (χ1n) is 1.61. The molecule has 0 fully saturated rings. The number of hydrogen-bond donors (Lipinski definition) is 1. The lowest BCUT2D eigenvalue weighted by atomic mass is 10.7. The monoisotopic (exact) mass is 105 g/mol. The smallest absolute Gasteiger partial charge is 0.134 e. The maximum absolute atomic E-state index is 9.52. The summed E-state index contributed by atoms with van der Waals surface area (Å²) >= 11 is 3.78. The minimum atomic E-state index is 0.392. The van der Waals surface area contributed by atoms with E-state index in [1.807, 2.05) is 0 Å². The Morgan fingerprint density at radius 1 is 2.00 bits per heavy atom. The molecule has 36 valence electrons. The summed E-state index contributed by atoms with van der Waals surface area (Å²) in [4.78, 5) is 9.52. The van der Waals surface area contributed by atoms with Crippen molar-refractivity contribution in [1.29, 1.82) is 0 Å². The van der Waals surface area contributed by atoms with Crippen LogP contribution in [0.25, 0.3) is 0 Å². The van der Waals surface area contributed by atoms with Crippen LogP contribution in [0.2, 0.25) is 0 Å². The number of carbonyl (C=O) groups is 1. The van der Waals surface area contributed by atoms with Crippen molar-refractivity contribution in [3.63, 3.8) is 0 Å². The van der Waals surface area contributed by atoms with E-state index in [0.717, 1.165) is 6.29 Å². The van der Waals surface area contributed by atoms with Gasteiger partial charge in [-0.1, -0.05) is 12.8 Å². The van der Waals surface area contributed by atoms with Crippen molar-refractivity contribution in [3.8, 4) is 0 Å². The molecule has 0 N–H and O–H groups in total. The number of thiol groups is 1. The van der Waals surface area contributed by atoms with E-state index in [9.17, 15) is 4.79 Å². The largest absolute Gasteiger partial charge is 0.302 e. The number of carbonyl (C=O) groups excluding carboxylic acids is 1. The van der Waals surface area contributed by atoms with Gasteiger partial charge in [-0.15, -0.1) is 0 Å². The lowest BCUT2D eigenvalue weighted by molar-refractivity contribution is -0.107. The molecule has 0 spiro atoms. The summed E-state index contributed by atoms with van der Waals surface area (Å²) in [5.41, 5.74) is 0. The van der Waals surface area contributed by atoms with Gasteiger partial charge in [0.25, 0.3) is 0 Å². The van der Waals surface area contributed by atoms with Crippen LogP contribution in [0.5, 0.6) is 0 Å². The van der Waals surface area contributed by atoms with E-state index in [1.165, 1.54) is 4.31 Å². The minimum Gasteiger partial charge on any atom is -0.302 e. The Kier molecular flexibility index (Phi) is 3.17. The summed E-state index contributed by atoms with van der Waals surface area (Å²) in [6.07, 6.45) is 0.799. The molecule has 0 aliphatic rings. The summed E-state index contributed by atoms with van der Waals surface area (Å²) in [5.74, 6) is 0. The fourth-order valence-corrected chi connectivity index (χ4v) is 0.175. The number of nitrogens with zero attached hydrogens (tertiary/aromatic N) is 1. The molecule has 0 amide bonds. The lowest BCUT2D eigenvalue weighted by Gasteiger charge is -1.97. The average molecular weight is 105 g/mol. The summed E-state index contributed by atoms with van der Waals surface area (Å²) in [6, 6.07) is 0. The van der Waals surface area contributed by atoms with E-state index in [2.05, 4.69) is 12.8 Å². The fraction of sp³-hybridized carbons (Fsp3) is 0.667. The predicted molar refractivity (Wildman–Crippen MR) is 27.7 cm³/mol. The van der Waals surface area contributed by atoms with E-state index >= 15 is 0 Å². The van der Waals surface area contributed by atoms with Crippen LogP contribution in [0, 0.1) is 0 Å². The van der Waals surface area contributed by atoms with Crippen LogP contribution in [0.4, 0.5) is 0 Å². The van der Waals surface area contributed by atoms with E-state index in [0.29, 0.717) is 6.54 Å². The average Bonchev–Trinajstić information content (AvgIpc) is 1.35. The second kappa shape index (κ2) is 3.18. The second-order valence-corrected chi connectivity index (χ2v) is 1.69. The van der Waals surface area contributed by atoms with Crippen LogP contribution in [0.3, 0.4) is 0 Å². The Morgan fingerprint density at radius 3 is 2.50 bits per heavy atom. The van der Waals surface area contributed by atoms with Crippen molar-refractivity contribution in [2.75, 3.05) is 13.6 Å². The molecule has 0 unspecified atom stereocenters. The summed E-state index contributed by atoms with van der Waals surface area (Å²) < 4.78 is 1.51. The Balaban J connectivity index is 2.81. The maximum atomic E-state index is 9.52. The van der Waals surface area contributed by atoms with E-state index in [-0.39, 0.29) is 0 Å². The number of likely N-dealkylation sites (N-methyl/N-ethyl adjacent to an activating group) is 1. The Labute approximate surface area is 42.7 Å². The minimum absolute atomic E-state index is 0.392. The lowest BCUT2D eigenvalue weighted by Crippen LogP contribution is -2.06. The maximum Gasteiger partial charge on any atom is 0.134 e. The zero-order valence-electron chi connectivity index (χ0n) is 3.59. The SMILES string of the molecule is CN(S)CC=O. The third-order valence-corrected chi connectivity index (χ3v) is 0.502. The highest BCUT2D eigenvalue weighted by atomic mass is 32.1.